The number of anilines is 1. The highest BCUT2D eigenvalue weighted by atomic mass is 79.9. The van der Waals surface area contributed by atoms with Crippen molar-refractivity contribution in [2.24, 2.45) is 0 Å². The van der Waals surface area contributed by atoms with Gasteiger partial charge in [-0.2, -0.15) is 5.26 Å². The maximum absolute atomic E-state index is 9.17. The minimum atomic E-state index is 0.0895. The van der Waals surface area contributed by atoms with E-state index in [1.807, 2.05) is 18.2 Å². The Kier molecular flexibility index (Phi) is 4.65. The van der Waals surface area contributed by atoms with E-state index in [4.69, 9.17) is 4.74 Å². The summed E-state index contributed by atoms with van der Waals surface area (Å²) in [5.74, 6) is 0.730. The van der Waals surface area contributed by atoms with Gasteiger partial charge in [-0.05, 0) is 36.8 Å². The molecule has 0 aliphatic heterocycles. The molecule has 0 bridgehead atoms. The molecule has 1 unspecified atom stereocenters. The molecule has 0 saturated heterocycles. The summed E-state index contributed by atoms with van der Waals surface area (Å²) in [6, 6.07) is 15.8. The third kappa shape index (κ3) is 3.31. The summed E-state index contributed by atoms with van der Waals surface area (Å²) in [4.78, 5) is 0. The van der Waals surface area contributed by atoms with Crippen LogP contribution >= 0.6 is 15.9 Å². The van der Waals surface area contributed by atoms with Crippen LogP contribution in [0.5, 0.6) is 5.75 Å². The summed E-state index contributed by atoms with van der Waals surface area (Å²) in [6.07, 6.45) is 0. The van der Waals surface area contributed by atoms with E-state index in [2.05, 4.69) is 46.4 Å². The van der Waals surface area contributed by atoms with Crippen molar-refractivity contribution >= 4 is 21.6 Å². The SMILES string of the molecule is COc1ccc(C#N)c(NC(C)c2cccc(Br)c2)c1. The van der Waals surface area contributed by atoms with Crippen molar-refractivity contribution in [2.75, 3.05) is 12.4 Å². The van der Waals surface area contributed by atoms with Crippen molar-refractivity contribution in [1.82, 2.24) is 0 Å². The number of nitriles is 1. The molecule has 0 saturated carbocycles. The summed E-state index contributed by atoms with van der Waals surface area (Å²) in [5.41, 5.74) is 2.53. The number of nitrogens with one attached hydrogen (secondary N) is 1. The molecule has 2 aromatic rings. The Labute approximate surface area is 127 Å². The van der Waals surface area contributed by atoms with Crippen LogP contribution in [0.2, 0.25) is 0 Å². The number of rotatable bonds is 4. The van der Waals surface area contributed by atoms with Crippen LogP contribution in [0.4, 0.5) is 5.69 Å². The first-order chi connectivity index (χ1) is 9.63. The highest BCUT2D eigenvalue weighted by Gasteiger charge is 2.10. The summed E-state index contributed by atoms with van der Waals surface area (Å²) in [5, 5.41) is 12.5. The molecule has 0 aliphatic carbocycles. The number of hydrogen-bond donors (Lipinski definition) is 1. The minimum Gasteiger partial charge on any atom is -0.497 e. The largest absolute Gasteiger partial charge is 0.497 e. The van der Waals surface area contributed by atoms with E-state index in [9.17, 15) is 5.26 Å². The highest BCUT2D eigenvalue weighted by Crippen LogP contribution is 2.27. The van der Waals surface area contributed by atoms with E-state index in [0.717, 1.165) is 21.5 Å². The summed E-state index contributed by atoms with van der Waals surface area (Å²) < 4.78 is 6.24. The summed E-state index contributed by atoms with van der Waals surface area (Å²) in [7, 11) is 1.61. The van der Waals surface area contributed by atoms with Gasteiger partial charge in [-0.3, -0.25) is 0 Å². The minimum absolute atomic E-state index is 0.0895. The maximum Gasteiger partial charge on any atom is 0.121 e. The van der Waals surface area contributed by atoms with Crippen LogP contribution in [-0.2, 0) is 0 Å². The van der Waals surface area contributed by atoms with Gasteiger partial charge in [-0.1, -0.05) is 28.1 Å². The van der Waals surface area contributed by atoms with Gasteiger partial charge in [0.15, 0.2) is 0 Å². The molecule has 3 nitrogen and oxygen atoms in total. The molecular formula is C16H15BrN2O. The zero-order valence-corrected chi connectivity index (χ0v) is 12.9. The van der Waals surface area contributed by atoms with E-state index in [1.165, 1.54) is 0 Å². The van der Waals surface area contributed by atoms with E-state index in [-0.39, 0.29) is 6.04 Å². The Morgan fingerprint density at radius 2 is 2.05 bits per heavy atom. The van der Waals surface area contributed by atoms with Crippen LogP contribution in [0.1, 0.15) is 24.1 Å². The van der Waals surface area contributed by atoms with Gasteiger partial charge in [0.2, 0.25) is 0 Å². The van der Waals surface area contributed by atoms with Crippen molar-refractivity contribution in [1.29, 1.82) is 5.26 Å². The lowest BCUT2D eigenvalue weighted by molar-refractivity contribution is 0.415. The smallest absolute Gasteiger partial charge is 0.121 e. The molecule has 0 heterocycles. The van der Waals surface area contributed by atoms with Crippen LogP contribution in [0.15, 0.2) is 46.9 Å². The number of hydrogen-bond acceptors (Lipinski definition) is 3. The Bertz CT molecular complexity index is 649. The van der Waals surface area contributed by atoms with E-state index in [0.29, 0.717) is 5.56 Å². The lowest BCUT2D eigenvalue weighted by Crippen LogP contribution is -2.08. The molecule has 0 spiro atoms. The second kappa shape index (κ2) is 6.44. The summed E-state index contributed by atoms with van der Waals surface area (Å²) in [6.45, 7) is 2.06. The van der Waals surface area contributed by atoms with Crippen molar-refractivity contribution in [3.05, 3.63) is 58.1 Å². The monoisotopic (exact) mass is 330 g/mol. The highest BCUT2D eigenvalue weighted by molar-refractivity contribution is 9.10. The number of nitrogens with zero attached hydrogens (tertiary/aromatic N) is 1. The molecule has 4 heteroatoms. The van der Waals surface area contributed by atoms with E-state index >= 15 is 0 Å². The van der Waals surface area contributed by atoms with Crippen LogP contribution in [0.3, 0.4) is 0 Å². The lowest BCUT2D eigenvalue weighted by atomic mass is 10.1. The number of benzene rings is 2. The fraction of sp³-hybridized carbons (Fsp3) is 0.188. The molecule has 2 aromatic carbocycles. The van der Waals surface area contributed by atoms with E-state index < -0.39 is 0 Å². The topological polar surface area (TPSA) is 45.0 Å². The second-order valence-corrected chi connectivity index (χ2v) is 5.36. The number of halogens is 1. The predicted octanol–water partition coefficient (Wildman–Crippen LogP) is 4.50. The molecule has 2 rings (SSSR count). The Morgan fingerprint density at radius 1 is 1.25 bits per heavy atom. The average molecular weight is 331 g/mol. The van der Waals surface area contributed by atoms with Gasteiger partial charge in [-0.15, -0.1) is 0 Å². The Balaban J connectivity index is 2.27. The quantitative estimate of drug-likeness (QED) is 0.897. The number of methoxy groups -OCH3 is 1. The van der Waals surface area contributed by atoms with Crippen LogP contribution < -0.4 is 10.1 Å². The third-order valence-corrected chi connectivity index (χ3v) is 3.56. The molecule has 20 heavy (non-hydrogen) atoms. The van der Waals surface area contributed by atoms with Gasteiger partial charge in [-0.25, -0.2) is 0 Å². The van der Waals surface area contributed by atoms with Gasteiger partial charge in [0.25, 0.3) is 0 Å². The molecule has 1 atom stereocenters. The first-order valence-electron chi connectivity index (χ1n) is 6.24. The first-order valence-corrected chi connectivity index (χ1v) is 7.03. The zero-order valence-electron chi connectivity index (χ0n) is 11.4. The van der Waals surface area contributed by atoms with Crippen molar-refractivity contribution in [3.63, 3.8) is 0 Å². The van der Waals surface area contributed by atoms with Gasteiger partial charge in [0.05, 0.1) is 18.4 Å². The molecule has 0 fully saturated rings. The van der Waals surface area contributed by atoms with E-state index in [1.54, 1.807) is 19.2 Å². The van der Waals surface area contributed by atoms with Crippen molar-refractivity contribution < 1.29 is 4.74 Å². The molecular weight excluding hydrogens is 316 g/mol. The predicted molar refractivity (Wildman–Crippen MR) is 83.9 cm³/mol. The third-order valence-electron chi connectivity index (χ3n) is 3.07. The molecule has 0 radical (unpaired) electrons. The van der Waals surface area contributed by atoms with Crippen LogP contribution in [0, 0.1) is 11.3 Å². The fourth-order valence-electron chi connectivity index (χ4n) is 1.96. The van der Waals surface area contributed by atoms with Gasteiger partial charge in [0.1, 0.15) is 11.8 Å². The standard InChI is InChI=1S/C16H15BrN2O/c1-11(12-4-3-5-14(17)8-12)19-16-9-15(20-2)7-6-13(16)10-18/h3-9,11,19H,1-2H3. The van der Waals surface area contributed by atoms with Crippen LogP contribution in [-0.4, -0.2) is 7.11 Å². The zero-order chi connectivity index (χ0) is 14.5. The van der Waals surface area contributed by atoms with Gasteiger partial charge < -0.3 is 10.1 Å². The Hall–Kier alpha value is -1.99. The molecule has 102 valence electrons. The normalized spacial score (nSPS) is 11.5. The molecule has 0 aliphatic rings. The van der Waals surface area contributed by atoms with Gasteiger partial charge in [0, 0.05) is 16.6 Å². The van der Waals surface area contributed by atoms with Gasteiger partial charge >= 0.3 is 0 Å². The molecule has 0 amide bonds. The van der Waals surface area contributed by atoms with Crippen molar-refractivity contribution in [3.8, 4) is 11.8 Å². The molecule has 1 N–H and O–H groups in total. The fourth-order valence-corrected chi connectivity index (χ4v) is 2.38. The Morgan fingerprint density at radius 3 is 2.70 bits per heavy atom. The average Bonchev–Trinajstić information content (AvgIpc) is 2.47. The number of ether oxygens (including phenoxy) is 1. The first kappa shape index (κ1) is 14.4. The molecule has 0 aromatic heterocycles. The van der Waals surface area contributed by atoms with Crippen LogP contribution in [0.25, 0.3) is 0 Å². The lowest BCUT2D eigenvalue weighted by Gasteiger charge is -2.17. The second-order valence-electron chi connectivity index (χ2n) is 4.44. The van der Waals surface area contributed by atoms with Crippen molar-refractivity contribution in [2.45, 2.75) is 13.0 Å². The maximum atomic E-state index is 9.17. The summed E-state index contributed by atoms with van der Waals surface area (Å²) >= 11 is 3.47.